The molecular formula is C24H18IN3. The van der Waals surface area contributed by atoms with Crippen molar-refractivity contribution in [2.24, 2.45) is 0 Å². The van der Waals surface area contributed by atoms with E-state index in [4.69, 9.17) is 5.10 Å². The zero-order valence-corrected chi connectivity index (χ0v) is 17.3. The summed E-state index contributed by atoms with van der Waals surface area (Å²) in [6, 6.07) is 33.4. The molecule has 28 heavy (non-hydrogen) atoms. The van der Waals surface area contributed by atoms with Crippen LogP contribution in [0.4, 0.5) is 0 Å². The molecule has 4 rings (SSSR count). The smallest absolute Gasteiger partial charge is 0.138 e. The first-order chi connectivity index (χ1) is 13.8. The van der Waals surface area contributed by atoms with Crippen molar-refractivity contribution < 1.29 is 0 Å². The second-order valence-corrected chi connectivity index (χ2v) is 7.25. The van der Waals surface area contributed by atoms with Crippen molar-refractivity contribution in [2.75, 3.05) is 0 Å². The Morgan fingerprint density at radius 2 is 1.21 bits per heavy atom. The summed E-state index contributed by atoms with van der Waals surface area (Å²) in [6.45, 7) is 0. The van der Waals surface area contributed by atoms with E-state index in [2.05, 4.69) is 65.1 Å². The molecule has 136 valence electrons. The van der Waals surface area contributed by atoms with Crippen molar-refractivity contribution >= 4 is 22.6 Å². The van der Waals surface area contributed by atoms with E-state index >= 15 is 0 Å². The van der Waals surface area contributed by atoms with Gasteiger partial charge in [0.2, 0.25) is 0 Å². The summed E-state index contributed by atoms with van der Waals surface area (Å²) in [5, 5.41) is 14.5. The molecular weight excluding hydrogens is 457 g/mol. The maximum Gasteiger partial charge on any atom is 0.138 e. The molecule has 0 bridgehead atoms. The first-order valence-electron chi connectivity index (χ1n) is 9.02. The van der Waals surface area contributed by atoms with Gasteiger partial charge in [-0.05, 0) is 16.7 Å². The second kappa shape index (κ2) is 7.99. The summed E-state index contributed by atoms with van der Waals surface area (Å²) >= 11 is 2.26. The highest BCUT2D eigenvalue weighted by Gasteiger charge is 2.39. The summed E-state index contributed by atoms with van der Waals surface area (Å²) in [4.78, 5) is 0. The zero-order chi connectivity index (χ0) is 19.4. The maximum absolute atomic E-state index is 9.63. The van der Waals surface area contributed by atoms with Crippen LogP contribution in [0, 0.1) is 11.3 Å². The van der Waals surface area contributed by atoms with Crippen molar-refractivity contribution in [1.82, 2.24) is 9.78 Å². The molecule has 0 saturated heterocycles. The molecule has 0 unspecified atom stereocenters. The Balaban J connectivity index is 2.14. The molecule has 3 nitrogen and oxygen atoms in total. The van der Waals surface area contributed by atoms with Crippen LogP contribution in [0.25, 0.3) is 0 Å². The minimum absolute atomic E-state index is 0.613. The van der Waals surface area contributed by atoms with Gasteiger partial charge in [-0.3, -0.25) is 4.68 Å². The summed E-state index contributed by atoms with van der Waals surface area (Å²) in [7, 11) is 0. The number of alkyl halides is 1. The van der Waals surface area contributed by atoms with Crippen molar-refractivity contribution in [3.05, 3.63) is 125 Å². The fraction of sp³-hybridized carbons (Fsp3) is 0.0833. The number of benzene rings is 3. The third kappa shape index (κ3) is 3.02. The zero-order valence-electron chi connectivity index (χ0n) is 15.2. The molecule has 1 aromatic heterocycles. The Kier molecular flexibility index (Phi) is 5.27. The van der Waals surface area contributed by atoms with Crippen LogP contribution in [-0.4, -0.2) is 9.78 Å². The van der Waals surface area contributed by atoms with Crippen LogP contribution < -0.4 is 0 Å². The highest BCUT2D eigenvalue weighted by atomic mass is 127. The van der Waals surface area contributed by atoms with Crippen LogP contribution in [0.2, 0.25) is 0 Å². The van der Waals surface area contributed by atoms with Crippen LogP contribution in [0.1, 0.15) is 27.9 Å². The third-order valence-electron chi connectivity index (χ3n) is 4.96. The Labute approximate surface area is 178 Å². The minimum Gasteiger partial charge on any atom is -0.251 e. The molecule has 0 N–H and O–H groups in total. The fourth-order valence-electron chi connectivity index (χ4n) is 3.71. The average molecular weight is 475 g/mol. The van der Waals surface area contributed by atoms with Crippen LogP contribution in [-0.2, 0) is 9.97 Å². The lowest BCUT2D eigenvalue weighted by atomic mass is 9.77. The summed E-state index contributed by atoms with van der Waals surface area (Å²) in [6.07, 6.45) is 1.88. The monoisotopic (exact) mass is 475 g/mol. The van der Waals surface area contributed by atoms with Gasteiger partial charge in [-0.15, -0.1) is 0 Å². The van der Waals surface area contributed by atoms with Gasteiger partial charge in [0.05, 0.1) is 11.3 Å². The van der Waals surface area contributed by atoms with Crippen LogP contribution in [0.15, 0.2) is 97.2 Å². The lowest BCUT2D eigenvalue weighted by Crippen LogP contribution is -2.38. The number of nitrogens with zero attached hydrogens (tertiary/aromatic N) is 3. The number of rotatable bonds is 5. The number of hydrogen-bond acceptors (Lipinski definition) is 2. The first kappa shape index (κ1) is 18.5. The van der Waals surface area contributed by atoms with E-state index < -0.39 is 5.54 Å². The predicted octanol–water partition coefficient (Wildman–Crippen LogP) is 5.53. The van der Waals surface area contributed by atoms with E-state index in [1.54, 1.807) is 0 Å². The van der Waals surface area contributed by atoms with E-state index in [9.17, 15) is 5.26 Å². The standard InChI is InChI=1S/C24H18IN3/c25-16-23-19(17-26)18-28(27-23)24(20-10-4-1-5-11-20,21-12-6-2-7-13-21)22-14-8-3-9-15-22/h1-15,18H,16H2. The van der Waals surface area contributed by atoms with Gasteiger partial charge in [-0.1, -0.05) is 114 Å². The molecule has 0 amide bonds. The predicted molar refractivity (Wildman–Crippen MR) is 119 cm³/mol. The summed E-state index contributed by atoms with van der Waals surface area (Å²) in [5.41, 5.74) is 4.04. The molecule has 0 atom stereocenters. The van der Waals surface area contributed by atoms with E-state index in [1.165, 1.54) is 0 Å². The topological polar surface area (TPSA) is 41.6 Å². The van der Waals surface area contributed by atoms with Crippen LogP contribution in [0.3, 0.4) is 0 Å². The molecule has 3 aromatic carbocycles. The molecule has 0 aliphatic rings. The van der Waals surface area contributed by atoms with E-state index in [1.807, 2.05) is 65.5 Å². The van der Waals surface area contributed by atoms with E-state index in [0.29, 0.717) is 9.99 Å². The molecule has 4 aromatic rings. The van der Waals surface area contributed by atoms with Gasteiger partial charge in [0.25, 0.3) is 0 Å². The van der Waals surface area contributed by atoms with Crippen LogP contribution in [0.5, 0.6) is 0 Å². The Morgan fingerprint density at radius 3 is 1.54 bits per heavy atom. The molecule has 1 heterocycles. The number of nitriles is 1. The largest absolute Gasteiger partial charge is 0.251 e. The third-order valence-corrected chi connectivity index (χ3v) is 5.68. The second-order valence-electron chi connectivity index (χ2n) is 6.49. The fourth-order valence-corrected chi connectivity index (χ4v) is 4.27. The average Bonchev–Trinajstić information content (AvgIpc) is 3.20. The van der Waals surface area contributed by atoms with Crippen LogP contribution >= 0.6 is 22.6 Å². The maximum atomic E-state index is 9.63. The van der Waals surface area contributed by atoms with Gasteiger partial charge in [-0.25, -0.2) is 0 Å². The molecule has 0 aliphatic heterocycles. The van der Waals surface area contributed by atoms with Crippen molar-refractivity contribution in [3.63, 3.8) is 0 Å². The van der Waals surface area contributed by atoms with Gasteiger partial charge < -0.3 is 0 Å². The number of halogens is 1. The van der Waals surface area contributed by atoms with E-state index in [-0.39, 0.29) is 0 Å². The van der Waals surface area contributed by atoms with Gasteiger partial charge in [0.1, 0.15) is 11.6 Å². The van der Waals surface area contributed by atoms with Gasteiger partial charge in [-0.2, -0.15) is 10.4 Å². The molecule has 0 fully saturated rings. The molecule has 0 spiro atoms. The molecule has 0 saturated carbocycles. The Hall–Kier alpha value is -2.91. The Bertz CT molecular complexity index is 1000. The SMILES string of the molecule is N#Cc1cn(C(c2ccccc2)(c2ccccc2)c2ccccc2)nc1CI. The van der Waals surface area contributed by atoms with Gasteiger partial charge in [0.15, 0.2) is 0 Å². The summed E-state index contributed by atoms with van der Waals surface area (Å²) in [5.74, 6) is 0. The number of aromatic nitrogens is 2. The molecule has 4 heteroatoms. The molecule has 0 aliphatic carbocycles. The van der Waals surface area contributed by atoms with Gasteiger partial charge >= 0.3 is 0 Å². The lowest BCUT2D eigenvalue weighted by molar-refractivity contribution is 0.457. The first-order valence-corrected chi connectivity index (χ1v) is 10.5. The highest BCUT2D eigenvalue weighted by Crippen LogP contribution is 2.40. The van der Waals surface area contributed by atoms with Gasteiger partial charge in [0, 0.05) is 10.6 Å². The normalized spacial score (nSPS) is 11.1. The quantitative estimate of drug-likeness (QED) is 0.216. The van der Waals surface area contributed by atoms with Crippen molar-refractivity contribution in [1.29, 1.82) is 5.26 Å². The minimum atomic E-state index is -0.667. The summed E-state index contributed by atoms with van der Waals surface area (Å²) < 4.78 is 2.64. The number of hydrogen-bond donors (Lipinski definition) is 0. The Morgan fingerprint density at radius 1 is 0.786 bits per heavy atom. The van der Waals surface area contributed by atoms with Crippen molar-refractivity contribution in [3.8, 4) is 6.07 Å². The molecule has 0 radical (unpaired) electrons. The highest BCUT2D eigenvalue weighted by molar-refractivity contribution is 14.1. The lowest BCUT2D eigenvalue weighted by Gasteiger charge is -2.36. The van der Waals surface area contributed by atoms with Crippen molar-refractivity contribution in [2.45, 2.75) is 9.97 Å². The van der Waals surface area contributed by atoms with E-state index in [0.717, 1.165) is 22.4 Å².